The van der Waals surface area contributed by atoms with E-state index in [0.717, 1.165) is 37.3 Å². The lowest BCUT2D eigenvalue weighted by molar-refractivity contribution is 0.222. The van der Waals surface area contributed by atoms with Crippen LogP contribution in [0, 0.1) is 0 Å². The van der Waals surface area contributed by atoms with Crippen LogP contribution in [0.25, 0.3) is 11.4 Å². The first-order chi connectivity index (χ1) is 11.7. The third kappa shape index (κ3) is 3.06. The molecule has 0 aliphatic carbocycles. The zero-order chi connectivity index (χ0) is 17.1. The summed E-state index contributed by atoms with van der Waals surface area (Å²) in [6.45, 7) is 2.22. The molecular weight excluding hydrogens is 306 g/mol. The second-order valence-corrected chi connectivity index (χ2v) is 6.11. The van der Waals surface area contributed by atoms with E-state index >= 15 is 0 Å². The number of hydrogen-bond donors (Lipinski definition) is 0. The van der Waals surface area contributed by atoms with Crippen LogP contribution in [0.15, 0.2) is 24.5 Å². The van der Waals surface area contributed by atoms with Gasteiger partial charge in [-0.25, -0.2) is 4.98 Å². The molecule has 2 heterocycles. The number of benzene rings is 1. The first-order valence-corrected chi connectivity index (χ1v) is 8.19. The lowest BCUT2D eigenvalue weighted by Crippen LogP contribution is -2.31. The van der Waals surface area contributed by atoms with E-state index in [0.29, 0.717) is 23.3 Å². The minimum atomic E-state index is 0.470. The van der Waals surface area contributed by atoms with Crippen molar-refractivity contribution in [2.24, 2.45) is 0 Å². The minimum absolute atomic E-state index is 0.470. The highest BCUT2D eigenvalue weighted by Gasteiger charge is 2.22. The van der Waals surface area contributed by atoms with Gasteiger partial charge in [-0.1, -0.05) is 0 Å². The van der Waals surface area contributed by atoms with Gasteiger partial charge < -0.3 is 23.7 Å². The molecule has 0 radical (unpaired) electrons. The molecule has 1 aromatic heterocycles. The van der Waals surface area contributed by atoms with Gasteiger partial charge in [0.25, 0.3) is 0 Å². The molecule has 1 aromatic carbocycles. The number of ether oxygens (including phenoxy) is 3. The van der Waals surface area contributed by atoms with Gasteiger partial charge in [-0.2, -0.15) is 0 Å². The molecule has 0 spiro atoms. The highest BCUT2D eigenvalue weighted by Crippen LogP contribution is 2.41. The zero-order valence-electron chi connectivity index (χ0n) is 14.8. The van der Waals surface area contributed by atoms with Crippen molar-refractivity contribution in [1.82, 2.24) is 14.5 Å². The van der Waals surface area contributed by atoms with Crippen LogP contribution >= 0.6 is 0 Å². The average molecular weight is 331 g/mol. The molecule has 2 aromatic rings. The van der Waals surface area contributed by atoms with Crippen molar-refractivity contribution in [2.45, 2.75) is 18.9 Å². The monoisotopic (exact) mass is 331 g/mol. The fourth-order valence-corrected chi connectivity index (χ4v) is 3.31. The van der Waals surface area contributed by atoms with E-state index in [4.69, 9.17) is 14.2 Å². The summed E-state index contributed by atoms with van der Waals surface area (Å²) in [5.74, 6) is 2.82. The summed E-state index contributed by atoms with van der Waals surface area (Å²) >= 11 is 0. The lowest BCUT2D eigenvalue weighted by Gasteiger charge is -2.30. The first kappa shape index (κ1) is 16.6. The SMILES string of the molecule is COc1cc(-c2nccn2C2CCN(C)CC2)cc(OC)c1OC. The van der Waals surface area contributed by atoms with Crippen molar-refractivity contribution in [3.8, 4) is 28.6 Å². The van der Waals surface area contributed by atoms with Gasteiger partial charge in [0.05, 0.1) is 21.3 Å². The van der Waals surface area contributed by atoms with Crippen LogP contribution in [0.1, 0.15) is 18.9 Å². The molecule has 1 aliphatic heterocycles. The topological polar surface area (TPSA) is 48.8 Å². The summed E-state index contributed by atoms with van der Waals surface area (Å²) in [4.78, 5) is 6.95. The maximum absolute atomic E-state index is 5.47. The van der Waals surface area contributed by atoms with Gasteiger partial charge in [0, 0.05) is 24.0 Å². The van der Waals surface area contributed by atoms with Crippen LogP contribution in [0.2, 0.25) is 0 Å². The quantitative estimate of drug-likeness (QED) is 0.843. The van der Waals surface area contributed by atoms with E-state index in [1.165, 1.54) is 0 Å². The molecule has 24 heavy (non-hydrogen) atoms. The van der Waals surface area contributed by atoms with Crippen molar-refractivity contribution >= 4 is 0 Å². The van der Waals surface area contributed by atoms with E-state index in [1.54, 1.807) is 21.3 Å². The van der Waals surface area contributed by atoms with Gasteiger partial charge in [-0.3, -0.25) is 0 Å². The number of nitrogens with zero attached hydrogens (tertiary/aromatic N) is 3. The summed E-state index contributed by atoms with van der Waals surface area (Å²) in [6, 6.07) is 4.38. The molecule has 0 N–H and O–H groups in total. The predicted molar refractivity (Wildman–Crippen MR) is 93.1 cm³/mol. The first-order valence-electron chi connectivity index (χ1n) is 8.19. The Bertz CT molecular complexity index is 666. The maximum Gasteiger partial charge on any atom is 0.203 e. The van der Waals surface area contributed by atoms with Crippen LogP contribution in [-0.2, 0) is 0 Å². The van der Waals surface area contributed by atoms with Crippen molar-refractivity contribution in [3.63, 3.8) is 0 Å². The molecule has 6 nitrogen and oxygen atoms in total. The second-order valence-electron chi connectivity index (χ2n) is 6.11. The standard InChI is InChI=1S/C18H25N3O3/c1-20-8-5-14(6-9-20)21-10-7-19-18(21)13-11-15(22-2)17(24-4)16(12-13)23-3/h7,10-12,14H,5-6,8-9H2,1-4H3. The molecule has 1 saturated heterocycles. The van der Waals surface area contributed by atoms with Crippen LogP contribution in [0.3, 0.4) is 0 Å². The summed E-state index contributed by atoms with van der Waals surface area (Å²) in [7, 11) is 7.04. The van der Waals surface area contributed by atoms with Crippen molar-refractivity contribution < 1.29 is 14.2 Å². The number of likely N-dealkylation sites (tertiary alicyclic amines) is 1. The normalized spacial score (nSPS) is 16.2. The number of hydrogen-bond acceptors (Lipinski definition) is 5. The van der Waals surface area contributed by atoms with Gasteiger partial charge in [-0.05, 0) is 45.1 Å². The van der Waals surface area contributed by atoms with Gasteiger partial charge in [0.1, 0.15) is 5.82 Å². The summed E-state index contributed by atoms with van der Waals surface area (Å²) in [6.07, 6.45) is 6.18. The fraction of sp³-hybridized carbons (Fsp3) is 0.500. The number of methoxy groups -OCH3 is 3. The average Bonchev–Trinajstić information content (AvgIpc) is 3.10. The zero-order valence-corrected chi connectivity index (χ0v) is 14.8. The van der Waals surface area contributed by atoms with Crippen molar-refractivity contribution in [2.75, 3.05) is 41.5 Å². The molecule has 0 atom stereocenters. The van der Waals surface area contributed by atoms with E-state index in [9.17, 15) is 0 Å². The number of piperidine rings is 1. The Morgan fingerprint density at radius 1 is 1.00 bits per heavy atom. The number of rotatable bonds is 5. The van der Waals surface area contributed by atoms with Gasteiger partial charge in [0.2, 0.25) is 5.75 Å². The van der Waals surface area contributed by atoms with Crippen molar-refractivity contribution in [3.05, 3.63) is 24.5 Å². The summed E-state index contributed by atoms with van der Waals surface area (Å²) in [5, 5.41) is 0. The molecule has 6 heteroatoms. The Morgan fingerprint density at radius 3 is 2.17 bits per heavy atom. The van der Waals surface area contributed by atoms with E-state index in [2.05, 4.69) is 27.7 Å². The Labute approximate surface area is 143 Å². The van der Waals surface area contributed by atoms with E-state index < -0.39 is 0 Å². The maximum atomic E-state index is 5.47. The largest absolute Gasteiger partial charge is 0.493 e. The van der Waals surface area contributed by atoms with E-state index in [-0.39, 0.29) is 0 Å². The second kappa shape index (κ2) is 7.13. The van der Waals surface area contributed by atoms with Crippen LogP contribution in [0.4, 0.5) is 0 Å². The highest BCUT2D eigenvalue weighted by molar-refractivity contribution is 5.67. The molecule has 130 valence electrons. The van der Waals surface area contributed by atoms with Gasteiger partial charge in [0.15, 0.2) is 11.5 Å². The summed E-state index contributed by atoms with van der Waals surface area (Å²) < 4.78 is 18.6. The third-order valence-corrected chi connectivity index (χ3v) is 4.67. The minimum Gasteiger partial charge on any atom is -0.493 e. The lowest BCUT2D eigenvalue weighted by atomic mass is 10.0. The molecule has 0 bridgehead atoms. The molecule has 3 rings (SSSR count). The molecule has 1 aliphatic rings. The Morgan fingerprint density at radius 2 is 1.62 bits per heavy atom. The third-order valence-electron chi connectivity index (χ3n) is 4.67. The number of imidazole rings is 1. The van der Waals surface area contributed by atoms with Gasteiger partial charge in [-0.15, -0.1) is 0 Å². The highest BCUT2D eigenvalue weighted by atomic mass is 16.5. The molecular formula is C18H25N3O3. The fourth-order valence-electron chi connectivity index (χ4n) is 3.31. The van der Waals surface area contributed by atoms with Crippen LogP contribution in [0.5, 0.6) is 17.2 Å². The van der Waals surface area contributed by atoms with Crippen molar-refractivity contribution in [1.29, 1.82) is 0 Å². The Hall–Kier alpha value is -2.21. The Kier molecular flexibility index (Phi) is 4.94. The Balaban J connectivity index is 1.99. The molecule has 1 fully saturated rings. The number of aromatic nitrogens is 2. The molecule has 0 saturated carbocycles. The van der Waals surface area contributed by atoms with Crippen LogP contribution < -0.4 is 14.2 Å². The molecule has 0 unspecified atom stereocenters. The van der Waals surface area contributed by atoms with Gasteiger partial charge >= 0.3 is 0 Å². The van der Waals surface area contributed by atoms with E-state index in [1.807, 2.05) is 18.3 Å². The van der Waals surface area contributed by atoms with Crippen LogP contribution in [-0.4, -0.2) is 55.9 Å². The molecule has 0 amide bonds. The predicted octanol–water partition coefficient (Wildman–Crippen LogP) is 2.84. The summed E-state index contributed by atoms with van der Waals surface area (Å²) in [5.41, 5.74) is 0.966. The smallest absolute Gasteiger partial charge is 0.203 e.